The minimum Gasteiger partial charge on any atom is -0.476 e. The van der Waals surface area contributed by atoms with Crippen LogP contribution >= 0.6 is 0 Å². The molecule has 0 atom stereocenters. The van der Waals surface area contributed by atoms with E-state index in [2.05, 4.69) is 9.97 Å². The maximum Gasteiger partial charge on any atom is 0.418 e. The summed E-state index contributed by atoms with van der Waals surface area (Å²) in [6, 6.07) is 3.22. The van der Waals surface area contributed by atoms with Crippen molar-refractivity contribution in [1.29, 1.82) is 0 Å². The zero-order valence-corrected chi connectivity index (χ0v) is 8.19. The number of rotatable bonds is 1. The van der Waals surface area contributed by atoms with Crippen molar-refractivity contribution >= 4 is 16.9 Å². The van der Waals surface area contributed by atoms with Gasteiger partial charge in [-0.3, -0.25) is 0 Å². The predicted molar refractivity (Wildman–Crippen MR) is 51.5 cm³/mol. The second kappa shape index (κ2) is 3.69. The largest absolute Gasteiger partial charge is 0.476 e. The van der Waals surface area contributed by atoms with Gasteiger partial charge in [-0.25, -0.2) is 14.8 Å². The van der Waals surface area contributed by atoms with Gasteiger partial charge in [-0.15, -0.1) is 0 Å². The number of aromatic carboxylic acids is 1. The number of benzene rings is 1. The first-order chi connectivity index (χ1) is 7.91. The Bertz CT molecular complexity index is 596. The monoisotopic (exact) mass is 242 g/mol. The van der Waals surface area contributed by atoms with Gasteiger partial charge in [-0.05, 0) is 6.07 Å². The average Bonchev–Trinajstić information content (AvgIpc) is 2.26. The fourth-order valence-corrected chi connectivity index (χ4v) is 1.49. The molecule has 0 unspecified atom stereocenters. The molecule has 2 aromatic rings. The number of hydrogen-bond acceptors (Lipinski definition) is 3. The maximum absolute atomic E-state index is 12.6. The minimum absolute atomic E-state index is 0.130. The van der Waals surface area contributed by atoms with Crippen molar-refractivity contribution in [2.45, 2.75) is 6.18 Å². The topological polar surface area (TPSA) is 63.1 Å². The third-order valence-electron chi connectivity index (χ3n) is 2.17. The highest BCUT2D eigenvalue weighted by molar-refractivity contribution is 6.01. The van der Waals surface area contributed by atoms with Crippen molar-refractivity contribution in [1.82, 2.24) is 9.97 Å². The quantitative estimate of drug-likeness (QED) is 0.833. The van der Waals surface area contributed by atoms with Gasteiger partial charge < -0.3 is 5.11 Å². The van der Waals surface area contributed by atoms with E-state index in [-0.39, 0.29) is 5.39 Å². The van der Waals surface area contributed by atoms with Crippen LogP contribution in [0, 0.1) is 0 Å². The first-order valence-corrected chi connectivity index (χ1v) is 4.45. The van der Waals surface area contributed by atoms with Gasteiger partial charge in [0.2, 0.25) is 0 Å². The summed E-state index contributed by atoms with van der Waals surface area (Å²) in [4.78, 5) is 17.8. The minimum atomic E-state index is -4.58. The number of nitrogens with zero attached hydrogens (tertiary/aromatic N) is 2. The fourth-order valence-electron chi connectivity index (χ4n) is 1.49. The Morgan fingerprint density at radius 1 is 1.24 bits per heavy atom. The highest BCUT2D eigenvalue weighted by atomic mass is 19.4. The van der Waals surface area contributed by atoms with Gasteiger partial charge in [0.25, 0.3) is 0 Å². The third kappa shape index (κ3) is 1.91. The average molecular weight is 242 g/mol. The van der Waals surface area contributed by atoms with E-state index in [9.17, 15) is 18.0 Å². The lowest BCUT2D eigenvalue weighted by molar-refractivity contribution is -0.136. The van der Waals surface area contributed by atoms with Crippen molar-refractivity contribution < 1.29 is 23.1 Å². The van der Waals surface area contributed by atoms with Gasteiger partial charge in [0.1, 0.15) is 6.33 Å². The summed E-state index contributed by atoms with van der Waals surface area (Å²) < 4.78 is 37.9. The number of halogens is 3. The van der Waals surface area contributed by atoms with E-state index in [4.69, 9.17) is 5.11 Å². The highest BCUT2D eigenvalue weighted by Crippen LogP contribution is 2.34. The molecule has 0 aliphatic carbocycles. The Hall–Kier alpha value is -2.18. The van der Waals surface area contributed by atoms with Crippen LogP contribution in [-0.4, -0.2) is 21.0 Å². The fraction of sp³-hybridized carbons (Fsp3) is 0.100. The van der Waals surface area contributed by atoms with Gasteiger partial charge in [0, 0.05) is 5.39 Å². The molecule has 0 bridgehead atoms. The molecule has 1 aromatic heterocycles. The Morgan fingerprint density at radius 2 is 1.94 bits per heavy atom. The van der Waals surface area contributed by atoms with E-state index in [1.165, 1.54) is 6.07 Å². The van der Waals surface area contributed by atoms with Gasteiger partial charge >= 0.3 is 12.1 Å². The van der Waals surface area contributed by atoms with Crippen LogP contribution in [0.2, 0.25) is 0 Å². The zero-order valence-electron chi connectivity index (χ0n) is 8.19. The van der Waals surface area contributed by atoms with Crippen molar-refractivity contribution in [3.8, 4) is 0 Å². The van der Waals surface area contributed by atoms with Crippen molar-refractivity contribution in [2.75, 3.05) is 0 Å². The molecule has 0 spiro atoms. The van der Waals surface area contributed by atoms with Gasteiger partial charge in [0.15, 0.2) is 5.69 Å². The lowest BCUT2D eigenvalue weighted by Crippen LogP contribution is -2.09. The summed E-state index contributed by atoms with van der Waals surface area (Å²) in [5.74, 6) is -1.39. The van der Waals surface area contributed by atoms with Gasteiger partial charge in [-0.1, -0.05) is 12.1 Å². The molecule has 0 saturated heterocycles. The summed E-state index contributed by atoms with van der Waals surface area (Å²) in [7, 11) is 0. The number of carbonyl (C=O) groups is 1. The molecule has 0 fully saturated rings. The van der Waals surface area contributed by atoms with Crippen LogP contribution in [0.3, 0.4) is 0 Å². The molecule has 2 rings (SSSR count). The number of carboxylic acid groups (broad SMARTS) is 1. The van der Waals surface area contributed by atoms with Crippen LogP contribution < -0.4 is 0 Å². The maximum atomic E-state index is 12.6. The molecule has 0 amide bonds. The van der Waals surface area contributed by atoms with Crippen molar-refractivity contribution in [3.63, 3.8) is 0 Å². The van der Waals surface area contributed by atoms with E-state index in [1.54, 1.807) is 0 Å². The lowest BCUT2D eigenvalue weighted by Gasteiger charge is -2.09. The summed E-state index contributed by atoms with van der Waals surface area (Å²) in [5.41, 5.74) is -1.83. The van der Waals surface area contributed by atoms with Gasteiger partial charge in [-0.2, -0.15) is 13.2 Å². The molecule has 0 saturated carbocycles. The van der Waals surface area contributed by atoms with Crippen LogP contribution in [-0.2, 0) is 6.18 Å². The summed E-state index contributed by atoms with van der Waals surface area (Å²) in [5, 5.41) is 8.68. The molecule has 88 valence electrons. The first kappa shape index (κ1) is 11.3. The molecular formula is C10H5F3N2O2. The summed E-state index contributed by atoms with van der Waals surface area (Å²) >= 11 is 0. The first-order valence-electron chi connectivity index (χ1n) is 4.45. The Morgan fingerprint density at radius 3 is 2.53 bits per heavy atom. The summed E-state index contributed by atoms with van der Waals surface area (Å²) in [6.07, 6.45) is -3.77. The third-order valence-corrected chi connectivity index (χ3v) is 2.17. The molecule has 1 heterocycles. The second-order valence-corrected chi connectivity index (χ2v) is 3.23. The van der Waals surface area contributed by atoms with Crippen LogP contribution in [0.15, 0.2) is 24.5 Å². The number of aromatic nitrogens is 2. The molecule has 1 N–H and O–H groups in total. The Kier molecular flexibility index (Phi) is 2.45. The van der Waals surface area contributed by atoms with Crippen LogP contribution in [0.25, 0.3) is 10.9 Å². The van der Waals surface area contributed by atoms with E-state index in [0.717, 1.165) is 18.5 Å². The number of fused-ring (bicyclic) bond motifs is 1. The molecule has 0 radical (unpaired) electrons. The Labute approximate surface area is 92.7 Å². The second-order valence-electron chi connectivity index (χ2n) is 3.23. The normalized spacial score (nSPS) is 11.7. The zero-order chi connectivity index (χ0) is 12.6. The number of para-hydroxylation sites is 1. The Balaban J connectivity index is 2.84. The van der Waals surface area contributed by atoms with Gasteiger partial charge in [0.05, 0.1) is 11.1 Å². The number of alkyl halides is 3. The molecule has 1 aromatic carbocycles. The van der Waals surface area contributed by atoms with E-state index in [0.29, 0.717) is 0 Å². The standard InChI is InChI=1S/C10H5F3N2O2/c11-10(12,13)6-3-1-2-5-7(6)14-4-15-8(5)9(16)17/h1-4H,(H,16,17). The van der Waals surface area contributed by atoms with Crippen LogP contribution in [0.4, 0.5) is 13.2 Å². The van der Waals surface area contributed by atoms with E-state index >= 15 is 0 Å². The van der Waals surface area contributed by atoms with E-state index < -0.39 is 28.9 Å². The molecule has 7 heteroatoms. The van der Waals surface area contributed by atoms with E-state index in [1.807, 2.05) is 0 Å². The molecule has 17 heavy (non-hydrogen) atoms. The molecule has 0 aliphatic rings. The van der Waals surface area contributed by atoms with Crippen LogP contribution in [0.1, 0.15) is 16.1 Å². The predicted octanol–water partition coefficient (Wildman–Crippen LogP) is 2.35. The molecule has 0 aliphatic heterocycles. The molecule has 4 nitrogen and oxygen atoms in total. The summed E-state index contributed by atoms with van der Waals surface area (Å²) in [6.45, 7) is 0. The van der Waals surface area contributed by atoms with Crippen molar-refractivity contribution in [3.05, 3.63) is 35.8 Å². The number of carboxylic acids is 1. The highest BCUT2D eigenvalue weighted by Gasteiger charge is 2.33. The lowest BCUT2D eigenvalue weighted by atomic mass is 10.1. The number of hydrogen-bond donors (Lipinski definition) is 1. The SMILES string of the molecule is O=C(O)c1ncnc2c(C(F)(F)F)cccc12. The smallest absolute Gasteiger partial charge is 0.418 e. The van der Waals surface area contributed by atoms with Crippen molar-refractivity contribution in [2.24, 2.45) is 0 Å². The molecular weight excluding hydrogens is 237 g/mol. The van der Waals surface area contributed by atoms with Crippen LogP contribution in [0.5, 0.6) is 0 Å².